The van der Waals surface area contributed by atoms with Crippen molar-refractivity contribution in [3.63, 3.8) is 0 Å². The van der Waals surface area contributed by atoms with Gasteiger partial charge in [0.25, 0.3) is 5.91 Å². The number of hydrogen-bond donors (Lipinski definition) is 2. The van der Waals surface area contributed by atoms with Crippen LogP contribution in [0.3, 0.4) is 0 Å². The summed E-state index contributed by atoms with van der Waals surface area (Å²) in [4.78, 5) is 23.2. The average molecular weight is 274 g/mol. The van der Waals surface area contributed by atoms with E-state index >= 15 is 0 Å². The normalized spacial score (nSPS) is 12.8. The van der Waals surface area contributed by atoms with Gasteiger partial charge in [-0.1, -0.05) is 18.2 Å². The summed E-state index contributed by atoms with van der Waals surface area (Å²) in [7, 11) is 0. The second kappa shape index (κ2) is 6.34. The first-order valence-electron chi connectivity index (χ1n) is 6.49. The summed E-state index contributed by atoms with van der Waals surface area (Å²) in [5, 5.41) is 5.50. The van der Waals surface area contributed by atoms with E-state index in [0.717, 1.165) is 16.8 Å². The molecule has 2 N–H and O–H groups in total. The molecule has 106 valence electrons. The van der Waals surface area contributed by atoms with Gasteiger partial charge in [-0.25, -0.2) is 0 Å². The highest BCUT2D eigenvalue weighted by Gasteiger charge is 2.18. The SMILES string of the molecule is C=C(C)COCCNC(=O)c1ccc2c(c1)NC(=O)C2. The van der Waals surface area contributed by atoms with Gasteiger partial charge in [-0.3, -0.25) is 9.59 Å². The van der Waals surface area contributed by atoms with Crippen LogP contribution in [0.15, 0.2) is 30.4 Å². The van der Waals surface area contributed by atoms with Crippen molar-refractivity contribution in [2.45, 2.75) is 13.3 Å². The maximum Gasteiger partial charge on any atom is 0.251 e. The topological polar surface area (TPSA) is 67.4 Å². The molecular formula is C15H18N2O3. The van der Waals surface area contributed by atoms with Crippen molar-refractivity contribution < 1.29 is 14.3 Å². The van der Waals surface area contributed by atoms with Crippen LogP contribution in [0.25, 0.3) is 0 Å². The molecule has 0 fully saturated rings. The van der Waals surface area contributed by atoms with E-state index in [1.807, 2.05) is 6.92 Å². The summed E-state index contributed by atoms with van der Waals surface area (Å²) in [6.45, 7) is 7.00. The number of benzene rings is 1. The molecule has 0 aromatic heterocycles. The van der Waals surface area contributed by atoms with Gasteiger partial charge in [0.15, 0.2) is 0 Å². The summed E-state index contributed by atoms with van der Waals surface area (Å²) in [5.74, 6) is -0.210. The van der Waals surface area contributed by atoms with Crippen molar-refractivity contribution in [1.82, 2.24) is 5.32 Å². The Labute approximate surface area is 118 Å². The molecule has 2 rings (SSSR count). The summed E-state index contributed by atoms with van der Waals surface area (Å²) >= 11 is 0. The van der Waals surface area contributed by atoms with Gasteiger partial charge in [-0.2, -0.15) is 0 Å². The highest BCUT2D eigenvalue weighted by Crippen LogP contribution is 2.23. The lowest BCUT2D eigenvalue weighted by atomic mass is 10.1. The van der Waals surface area contributed by atoms with Crippen LogP contribution in [0.5, 0.6) is 0 Å². The van der Waals surface area contributed by atoms with E-state index < -0.39 is 0 Å². The van der Waals surface area contributed by atoms with Crippen molar-refractivity contribution in [2.75, 3.05) is 25.1 Å². The zero-order chi connectivity index (χ0) is 14.5. The van der Waals surface area contributed by atoms with Gasteiger partial charge in [0, 0.05) is 17.8 Å². The molecule has 1 heterocycles. The van der Waals surface area contributed by atoms with Crippen molar-refractivity contribution in [3.8, 4) is 0 Å². The highest BCUT2D eigenvalue weighted by atomic mass is 16.5. The van der Waals surface area contributed by atoms with Gasteiger partial charge in [0.2, 0.25) is 5.91 Å². The Kier molecular flexibility index (Phi) is 4.53. The lowest BCUT2D eigenvalue weighted by Gasteiger charge is -2.07. The Balaban J connectivity index is 1.83. The fourth-order valence-corrected chi connectivity index (χ4v) is 1.94. The number of anilines is 1. The third-order valence-corrected chi connectivity index (χ3v) is 2.88. The van der Waals surface area contributed by atoms with Gasteiger partial charge in [0.05, 0.1) is 19.6 Å². The van der Waals surface area contributed by atoms with Gasteiger partial charge >= 0.3 is 0 Å². The van der Waals surface area contributed by atoms with Gasteiger partial charge in [-0.05, 0) is 24.6 Å². The molecule has 0 aliphatic carbocycles. The molecule has 1 aliphatic heterocycles. The first kappa shape index (κ1) is 14.3. The Bertz CT molecular complexity index is 552. The number of fused-ring (bicyclic) bond motifs is 1. The fourth-order valence-electron chi connectivity index (χ4n) is 1.94. The average Bonchev–Trinajstić information content (AvgIpc) is 2.76. The van der Waals surface area contributed by atoms with Crippen molar-refractivity contribution >= 4 is 17.5 Å². The Morgan fingerprint density at radius 1 is 1.50 bits per heavy atom. The molecule has 0 saturated carbocycles. The lowest BCUT2D eigenvalue weighted by molar-refractivity contribution is -0.115. The molecule has 2 amide bonds. The summed E-state index contributed by atoms with van der Waals surface area (Å²) in [6, 6.07) is 5.23. The highest BCUT2D eigenvalue weighted by molar-refractivity contribution is 6.02. The van der Waals surface area contributed by atoms with Crippen LogP contribution >= 0.6 is 0 Å². The zero-order valence-corrected chi connectivity index (χ0v) is 11.5. The minimum Gasteiger partial charge on any atom is -0.375 e. The van der Waals surface area contributed by atoms with Crippen LogP contribution in [0.2, 0.25) is 0 Å². The summed E-state index contributed by atoms with van der Waals surface area (Å²) < 4.78 is 5.30. The van der Waals surface area contributed by atoms with Gasteiger partial charge in [-0.15, -0.1) is 0 Å². The predicted molar refractivity (Wildman–Crippen MR) is 76.7 cm³/mol. The molecule has 20 heavy (non-hydrogen) atoms. The van der Waals surface area contributed by atoms with E-state index in [9.17, 15) is 9.59 Å². The minimum absolute atomic E-state index is 0.0363. The molecule has 0 spiro atoms. The second-order valence-electron chi connectivity index (χ2n) is 4.86. The van der Waals surface area contributed by atoms with E-state index in [1.165, 1.54) is 0 Å². The third-order valence-electron chi connectivity index (χ3n) is 2.88. The smallest absolute Gasteiger partial charge is 0.251 e. The number of rotatable bonds is 6. The lowest BCUT2D eigenvalue weighted by Crippen LogP contribution is -2.27. The summed E-state index contributed by atoms with van der Waals surface area (Å²) in [5.41, 5.74) is 3.13. The quantitative estimate of drug-likeness (QED) is 0.610. The standard InChI is InChI=1S/C15H18N2O3/c1-10(2)9-20-6-5-16-15(19)12-4-3-11-8-14(18)17-13(11)7-12/h3-4,7H,1,5-6,8-9H2,2H3,(H,16,19)(H,17,18). The molecule has 0 atom stereocenters. The second-order valence-corrected chi connectivity index (χ2v) is 4.86. The molecule has 0 unspecified atom stereocenters. The zero-order valence-electron chi connectivity index (χ0n) is 11.5. The number of amides is 2. The Morgan fingerprint density at radius 3 is 3.05 bits per heavy atom. The van der Waals surface area contributed by atoms with E-state index in [1.54, 1.807) is 18.2 Å². The Hall–Kier alpha value is -2.14. The maximum atomic E-state index is 11.9. The van der Waals surface area contributed by atoms with Gasteiger partial charge < -0.3 is 15.4 Å². The number of nitrogens with one attached hydrogen (secondary N) is 2. The molecular weight excluding hydrogens is 256 g/mol. The largest absolute Gasteiger partial charge is 0.375 e. The molecule has 1 aliphatic rings. The molecule has 0 radical (unpaired) electrons. The van der Waals surface area contributed by atoms with Crippen LogP contribution in [-0.4, -0.2) is 31.6 Å². The molecule has 1 aromatic carbocycles. The molecule has 1 aromatic rings. The number of carbonyl (C=O) groups excluding carboxylic acids is 2. The van der Waals surface area contributed by atoms with Crippen LogP contribution in [0.1, 0.15) is 22.8 Å². The first-order chi connectivity index (χ1) is 9.56. The van der Waals surface area contributed by atoms with E-state index in [0.29, 0.717) is 31.7 Å². The van der Waals surface area contributed by atoms with Crippen molar-refractivity contribution in [1.29, 1.82) is 0 Å². The molecule has 0 saturated heterocycles. The fraction of sp³-hybridized carbons (Fsp3) is 0.333. The van der Waals surface area contributed by atoms with Gasteiger partial charge in [0.1, 0.15) is 0 Å². The van der Waals surface area contributed by atoms with Crippen molar-refractivity contribution in [2.24, 2.45) is 0 Å². The number of ether oxygens (including phenoxy) is 1. The van der Waals surface area contributed by atoms with Crippen LogP contribution in [0.4, 0.5) is 5.69 Å². The minimum atomic E-state index is -0.173. The number of hydrogen-bond acceptors (Lipinski definition) is 3. The maximum absolute atomic E-state index is 11.9. The van der Waals surface area contributed by atoms with Crippen LogP contribution in [-0.2, 0) is 16.0 Å². The first-order valence-corrected chi connectivity index (χ1v) is 6.49. The molecule has 5 nitrogen and oxygen atoms in total. The van der Waals surface area contributed by atoms with E-state index in [-0.39, 0.29) is 11.8 Å². The molecule has 0 bridgehead atoms. The van der Waals surface area contributed by atoms with Crippen molar-refractivity contribution in [3.05, 3.63) is 41.5 Å². The molecule has 5 heteroatoms. The predicted octanol–water partition coefficient (Wildman–Crippen LogP) is 1.50. The van der Waals surface area contributed by atoms with Crippen LogP contribution in [0, 0.1) is 0 Å². The monoisotopic (exact) mass is 274 g/mol. The van der Waals surface area contributed by atoms with E-state index in [2.05, 4.69) is 17.2 Å². The number of carbonyl (C=O) groups is 2. The Morgan fingerprint density at radius 2 is 2.30 bits per heavy atom. The summed E-state index contributed by atoms with van der Waals surface area (Å²) in [6.07, 6.45) is 0.381. The van der Waals surface area contributed by atoms with E-state index in [4.69, 9.17) is 4.74 Å². The van der Waals surface area contributed by atoms with Crippen LogP contribution < -0.4 is 10.6 Å². The third kappa shape index (κ3) is 3.68.